The molecule has 0 aliphatic rings. The number of carboxylic acid groups (broad SMARTS) is 4. The van der Waals surface area contributed by atoms with Gasteiger partial charge in [0.15, 0.2) is 0 Å². The van der Waals surface area contributed by atoms with Crippen molar-refractivity contribution < 1.29 is 34.8 Å². The molecule has 0 aromatic rings. The van der Waals surface area contributed by atoms with Crippen molar-refractivity contribution in [1.29, 1.82) is 0 Å². The zero-order valence-electron chi connectivity index (χ0n) is 7.08. The third kappa shape index (κ3) is 16.6. The van der Waals surface area contributed by atoms with Gasteiger partial charge in [0.2, 0.25) is 0 Å². The van der Waals surface area contributed by atoms with E-state index >= 15 is 0 Å². The highest BCUT2D eigenvalue weighted by atomic mass is 16.6. The van der Waals surface area contributed by atoms with E-state index in [0.717, 1.165) is 0 Å². The molecule has 1 unspecified atom stereocenters. The Bertz CT molecular complexity index is 210. The summed E-state index contributed by atoms with van der Waals surface area (Å²) >= 11 is 0. The van der Waals surface area contributed by atoms with Crippen molar-refractivity contribution in [2.45, 2.75) is 18.9 Å². The van der Waals surface area contributed by atoms with Gasteiger partial charge in [-0.25, -0.2) is 4.79 Å². The van der Waals surface area contributed by atoms with Crippen molar-refractivity contribution in [2.75, 3.05) is 0 Å². The summed E-state index contributed by atoms with van der Waals surface area (Å²) in [6, 6.07) is -1.06. The minimum Gasteiger partial charge on any atom is -0.481 e. The number of carboxylic acids is 2. The summed E-state index contributed by atoms with van der Waals surface area (Å²) in [6.07, 6.45) is -2.06. The van der Waals surface area contributed by atoms with Crippen molar-refractivity contribution in [3.8, 4) is 0 Å². The fraction of sp³-hybridized carbons (Fsp3) is 0.500. The molecule has 0 amide bonds. The maximum Gasteiger partial charge on any atom is 0.503 e. The highest BCUT2D eigenvalue weighted by Gasteiger charge is 2.12. The summed E-state index contributed by atoms with van der Waals surface area (Å²) in [6.45, 7) is 0. The molecular weight excluding hydrogens is 198 g/mol. The molecule has 8 nitrogen and oxygen atoms in total. The number of aliphatic carboxylic acids is 2. The molecule has 0 aromatic heterocycles. The molecule has 0 fully saturated rings. The fourth-order valence-corrected chi connectivity index (χ4v) is 0.402. The Hall–Kier alpha value is -1.83. The molecule has 0 radical (unpaired) electrons. The second-order valence-corrected chi connectivity index (χ2v) is 2.16. The number of nitrogens with two attached hydrogens (primary N) is 1. The van der Waals surface area contributed by atoms with Gasteiger partial charge >= 0.3 is 18.1 Å². The molecular formula is C6H11NO7. The van der Waals surface area contributed by atoms with Gasteiger partial charge in [-0.15, -0.1) is 0 Å². The lowest BCUT2D eigenvalue weighted by Gasteiger charge is -2.01. The van der Waals surface area contributed by atoms with Crippen LogP contribution in [0.15, 0.2) is 0 Å². The van der Waals surface area contributed by atoms with Crippen LogP contribution in [-0.2, 0) is 9.59 Å². The van der Waals surface area contributed by atoms with E-state index in [9.17, 15) is 9.59 Å². The lowest BCUT2D eigenvalue weighted by atomic mass is 10.2. The Labute approximate surface area is 78.6 Å². The number of hydrogen-bond donors (Lipinski definition) is 5. The van der Waals surface area contributed by atoms with Crippen molar-refractivity contribution in [3.05, 3.63) is 0 Å². The van der Waals surface area contributed by atoms with E-state index < -0.39 is 24.1 Å². The van der Waals surface area contributed by atoms with Crippen molar-refractivity contribution >= 4 is 18.1 Å². The first kappa shape index (κ1) is 14.7. The fourth-order valence-electron chi connectivity index (χ4n) is 0.402. The topological polar surface area (TPSA) is 158 Å². The molecule has 1 atom stereocenters. The molecule has 0 aromatic carbocycles. The summed E-state index contributed by atoms with van der Waals surface area (Å²) in [5.41, 5.74) is 5.00. The van der Waals surface area contributed by atoms with Crippen LogP contribution in [0.25, 0.3) is 0 Å². The van der Waals surface area contributed by atoms with Gasteiger partial charge < -0.3 is 26.2 Å². The van der Waals surface area contributed by atoms with Crippen LogP contribution in [-0.4, -0.2) is 44.6 Å². The molecule has 0 rings (SSSR count). The first-order valence-electron chi connectivity index (χ1n) is 3.39. The van der Waals surface area contributed by atoms with Gasteiger partial charge in [0.05, 0.1) is 0 Å². The molecule has 0 saturated heterocycles. The first-order chi connectivity index (χ1) is 6.27. The van der Waals surface area contributed by atoms with E-state index in [1.54, 1.807) is 0 Å². The maximum atomic E-state index is 9.99. The second kappa shape index (κ2) is 7.80. The van der Waals surface area contributed by atoms with Crippen molar-refractivity contribution in [2.24, 2.45) is 5.73 Å². The van der Waals surface area contributed by atoms with Crippen LogP contribution in [0.2, 0.25) is 0 Å². The summed E-state index contributed by atoms with van der Waals surface area (Å²) in [5.74, 6) is -2.20. The van der Waals surface area contributed by atoms with E-state index in [-0.39, 0.29) is 12.8 Å². The SMILES string of the molecule is NC(CCC(=O)O)C(=O)O.O=C(O)O. The Morgan fingerprint density at radius 1 is 1.07 bits per heavy atom. The maximum absolute atomic E-state index is 9.99. The minimum absolute atomic E-state index is 0.0231. The zero-order valence-corrected chi connectivity index (χ0v) is 7.08. The monoisotopic (exact) mass is 209 g/mol. The third-order valence-electron chi connectivity index (χ3n) is 0.986. The number of carbonyl (C=O) groups is 3. The second-order valence-electron chi connectivity index (χ2n) is 2.16. The van der Waals surface area contributed by atoms with E-state index in [2.05, 4.69) is 0 Å². The average molecular weight is 209 g/mol. The van der Waals surface area contributed by atoms with Crippen LogP contribution < -0.4 is 5.73 Å². The van der Waals surface area contributed by atoms with E-state index in [4.69, 9.17) is 31.0 Å². The molecule has 0 aliphatic carbocycles. The zero-order chi connectivity index (χ0) is 11.7. The quantitative estimate of drug-likeness (QED) is 0.413. The van der Waals surface area contributed by atoms with Crippen LogP contribution in [0, 0.1) is 0 Å². The van der Waals surface area contributed by atoms with Gasteiger partial charge in [0.25, 0.3) is 0 Å². The molecule has 0 saturated carbocycles. The van der Waals surface area contributed by atoms with E-state index in [0.29, 0.717) is 0 Å². The molecule has 0 spiro atoms. The summed E-state index contributed by atoms with van der Waals surface area (Å²) in [7, 11) is 0. The third-order valence-corrected chi connectivity index (χ3v) is 0.986. The number of rotatable bonds is 4. The highest BCUT2D eigenvalue weighted by molar-refractivity contribution is 5.74. The predicted octanol–water partition coefficient (Wildman–Crippen LogP) is -0.514. The predicted molar refractivity (Wildman–Crippen MR) is 43.1 cm³/mol. The van der Waals surface area contributed by atoms with Crippen LogP contribution in [0.4, 0.5) is 4.79 Å². The average Bonchev–Trinajstić information content (AvgIpc) is 1.98. The summed E-state index contributed by atoms with van der Waals surface area (Å²) in [4.78, 5) is 28.4. The molecule has 14 heavy (non-hydrogen) atoms. The molecule has 82 valence electrons. The van der Waals surface area contributed by atoms with Crippen LogP contribution >= 0.6 is 0 Å². The Balaban J connectivity index is 0. The lowest BCUT2D eigenvalue weighted by molar-refractivity contribution is -0.139. The molecule has 6 N–H and O–H groups in total. The Morgan fingerprint density at radius 2 is 1.43 bits per heavy atom. The van der Waals surface area contributed by atoms with Gasteiger partial charge in [0, 0.05) is 6.42 Å². The summed E-state index contributed by atoms with van der Waals surface area (Å²) < 4.78 is 0. The molecule has 0 heterocycles. The van der Waals surface area contributed by atoms with Gasteiger partial charge in [-0.1, -0.05) is 0 Å². The lowest BCUT2D eigenvalue weighted by Crippen LogP contribution is -2.30. The van der Waals surface area contributed by atoms with E-state index in [1.165, 1.54) is 0 Å². The largest absolute Gasteiger partial charge is 0.503 e. The molecule has 0 aliphatic heterocycles. The number of hydrogen-bond acceptors (Lipinski definition) is 4. The van der Waals surface area contributed by atoms with Crippen molar-refractivity contribution in [1.82, 2.24) is 0 Å². The van der Waals surface area contributed by atoms with Crippen LogP contribution in [0.5, 0.6) is 0 Å². The molecule has 0 bridgehead atoms. The summed E-state index contributed by atoms with van der Waals surface area (Å²) in [5, 5.41) is 30.2. The van der Waals surface area contributed by atoms with Gasteiger partial charge in [0.1, 0.15) is 6.04 Å². The Morgan fingerprint density at radius 3 is 1.64 bits per heavy atom. The first-order valence-corrected chi connectivity index (χ1v) is 3.39. The Kier molecular flexibility index (Phi) is 8.18. The van der Waals surface area contributed by atoms with Gasteiger partial charge in [-0.05, 0) is 6.42 Å². The van der Waals surface area contributed by atoms with Gasteiger partial charge in [-0.3, -0.25) is 9.59 Å². The minimum atomic E-state index is -1.83. The smallest absolute Gasteiger partial charge is 0.481 e. The molecule has 8 heteroatoms. The van der Waals surface area contributed by atoms with Gasteiger partial charge in [-0.2, -0.15) is 0 Å². The normalized spacial score (nSPS) is 10.6. The van der Waals surface area contributed by atoms with Crippen molar-refractivity contribution in [3.63, 3.8) is 0 Å². The highest BCUT2D eigenvalue weighted by Crippen LogP contribution is 1.93. The van der Waals surface area contributed by atoms with E-state index in [1.807, 2.05) is 0 Å². The standard InChI is InChI=1S/C5H9NO4.CH2O3/c6-3(5(9)10)1-2-4(7)8;2-1(3)4/h3H,1-2,6H2,(H,7,8)(H,9,10);(H2,2,3,4). The van der Waals surface area contributed by atoms with Crippen LogP contribution in [0.1, 0.15) is 12.8 Å². The van der Waals surface area contributed by atoms with Crippen LogP contribution in [0.3, 0.4) is 0 Å².